The summed E-state index contributed by atoms with van der Waals surface area (Å²) in [7, 11) is -3.95. The van der Waals surface area contributed by atoms with Crippen LogP contribution < -0.4 is 4.72 Å². The van der Waals surface area contributed by atoms with E-state index in [0.29, 0.717) is 0 Å². The lowest BCUT2D eigenvalue weighted by molar-refractivity contribution is 0.158. The number of nitrogens with zero attached hydrogens (tertiary/aromatic N) is 2. The topological polar surface area (TPSA) is 99.5 Å². The summed E-state index contributed by atoms with van der Waals surface area (Å²) in [6, 6.07) is 1.87. The average molecular weight is 277 g/mol. The van der Waals surface area contributed by atoms with Crippen LogP contribution in [0.25, 0.3) is 0 Å². The SMILES string of the molecule is CCOC(=O)NS(=O)(=O)N(CCC#N)CC(C)C. The molecule has 8 heteroatoms. The summed E-state index contributed by atoms with van der Waals surface area (Å²) in [6.45, 7) is 5.63. The number of nitriles is 1. The molecule has 0 aliphatic carbocycles. The first-order valence-electron chi connectivity index (χ1n) is 5.65. The van der Waals surface area contributed by atoms with E-state index >= 15 is 0 Å². The van der Waals surface area contributed by atoms with Crippen molar-refractivity contribution in [2.24, 2.45) is 5.92 Å². The summed E-state index contributed by atoms with van der Waals surface area (Å²) in [5.41, 5.74) is 0. The molecule has 0 heterocycles. The molecule has 0 rings (SSSR count). The van der Waals surface area contributed by atoms with Crippen molar-refractivity contribution in [2.45, 2.75) is 27.2 Å². The molecule has 0 saturated carbocycles. The summed E-state index contributed by atoms with van der Waals surface area (Å²) in [4.78, 5) is 11.1. The van der Waals surface area contributed by atoms with Crippen molar-refractivity contribution in [3.63, 3.8) is 0 Å². The monoisotopic (exact) mass is 277 g/mol. The number of carbonyl (C=O) groups excluding carboxylic acids is 1. The van der Waals surface area contributed by atoms with Crippen LogP contribution in [0.1, 0.15) is 27.2 Å². The molecule has 1 N–H and O–H groups in total. The highest BCUT2D eigenvalue weighted by Gasteiger charge is 2.25. The molecule has 0 bridgehead atoms. The Morgan fingerprint density at radius 2 is 2.11 bits per heavy atom. The number of carbonyl (C=O) groups is 1. The van der Waals surface area contributed by atoms with Crippen LogP contribution in [0, 0.1) is 17.2 Å². The summed E-state index contributed by atoms with van der Waals surface area (Å²) < 4.78 is 31.1. The van der Waals surface area contributed by atoms with Crippen molar-refractivity contribution in [3.05, 3.63) is 0 Å². The lowest BCUT2D eigenvalue weighted by atomic mass is 10.2. The van der Waals surface area contributed by atoms with Crippen LogP contribution in [0.15, 0.2) is 0 Å². The van der Waals surface area contributed by atoms with Gasteiger partial charge in [0, 0.05) is 19.5 Å². The molecule has 0 aromatic rings. The van der Waals surface area contributed by atoms with Crippen LogP contribution in [0.3, 0.4) is 0 Å². The second kappa shape index (κ2) is 7.89. The largest absolute Gasteiger partial charge is 0.449 e. The van der Waals surface area contributed by atoms with E-state index in [2.05, 4.69) is 4.74 Å². The molecular formula is C10H19N3O4S. The smallest absolute Gasteiger partial charge is 0.421 e. The second-order valence-electron chi connectivity index (χ2n) is 3.99. The second-order valence-corrected chi connectivity index (χ2v) is 5.66. The fraction of sp³-hybridized carbons (Fsp3) is 0.800. The molecule has 104 valence electrons. The summed E-state index contributed by atoms with van der Waals surface area (Å²) in [5, 5.41) is 8.50. The van der Waals surface area contributed by atoms with Gasteiger partial charge < -0.3 is 4.74 Å². The van der Waals surface area contributed by atoms with Crippen LogP contribution >= 0.6 is 0 Å². The number of rotatable bonds is 7. The van der Waals surface area contributed by atoms with E-state index in [1.165, 1.54) is 0 Å². The van der Waals surface area contributed by atoms with Crippen molar-refractivity contribution >= 4 is 16.3 Å². The van der Waals surface area contributed by atoms with Gasteiger partial charge in [-0.05, 0) is 12.8 Å². The highest BCUT2D eigenvalue weighted by molar-refractivity contribution is 7.87. The van der Waals surface area contributed by atoms with Crippen molar-refractivity contribution in [3.8, 4) is 6.07 Å². The Balaban J connectivity index is 4.74. The van der Waals surface area contributed by atoms with Gasteiger partial charge in [-0.25, -0.2) is 9.52 Å². The minimum atomic E-state index is -3.95. The van der Waals surface area contributed by atoms with Crippen molar-refractivity contribution in [2.75, 3.05) is 19.7 Å². The molecule has 0 radical (unpaired) electrons. The van der Waals surface area contributed by atoms with Gasteiger partial charge in [-0.15, -0.1) is 0 Å². The molecule has 1 amide bonds. The van der Waals surface area contributed by atoms with Crippen molar-refractivity contribution < 1.29 is 17.9 Å². The fourth-order valence-corrected chi connectivity index (χ4v) is 2.45. The Hall–Kier alpha value is -1.33. The zero-order valence-corrected chi connectivity index (χ0v) is 11.7. The van der Waals surface area contributed by atoms with Gasteiger partial charge in [0.1, 0.15) is 0 Å². The number of amides is 1. The van der Waals surface area contributed by atoms with E-state index in [1.807, 2.05) is 19.9 Å². The van der Waals surface area contributed by atoms with E-state index in [0.717, 1.165) is 4.31 Å². The van der Waals surface area contributed by atoms with E-state index in [4.69, 9.17) is 5.26 Å². The standard InChI is InChI=1S/C10H19N3O4S/c1-4-17-10(14)12-18(15,16)13(7-5-6-11)8-9(2)3/h9H,4-5,7-8H2,1-3H3,(H,12,14). The van der Waals surface area contributed by atoms with Crippen LogP contribution in [-0.4, -0.2) is 38.5 Å². The Bertz CT molecular complexity index is 400. The molecule has 0 saturated heterocycles. The third-order valence-electron chi connectivity index (χ3n) is 1.87. The number of ether oxygens (including phenoxy) is 1. The van der Waals surface area contributed by atoms with Crippen molar-refractivity contribution in [1.82, 2.24) is 9.03 Å². The number of nitrogens with one attached hydrogen (secondary N) is 1. The van der Waals surface area contributed by atoms with Gasteiger partial charge >= 0.3 is 16.3 Å². The van der Waals surface area contributed by atoms with Gasteiger partial charge in [0.2, 0.25) is 0 Å². The van der Waals surface area contributed by atoms with Gasteiger partial charge in [-0.2, -0.15) is 18.0 Å². The number of hydrogen-bond acceptors (Lipinski definition) is 5. The lowest BCUT2D eigenvalue weighted by Gasteiger charge is -2.22. The van der Waals surface area contributed by atoms with E-state index in [9.17, 15) is 13.2 Å². The van der Waals surface area contributed by atoms with Crippen LogP contribution in [-0.2, 0) is 14.9 Å². The maximum atomic E-state index is 11.9. The molecule has 0 fully saturated rings. The quantitative estimate of drug-likeness (QED) is 0.743. The average Bonchev–Trinajstić information content (AvgIpc) is 2.23. The molecule has 0 atom stereocenters. The van der Waals surface area contributed by atoms with E-state index in [-0.39, 0.29) is 32.0 Å². The third-order valence-corrected chi connectivity index (χ3v) is 3.31. The molecule has 7 nitrogen and oxygen atoms in total. The minimum absolute atomic E-state index is 0.0451. The van der Waals surface area contributed by atoms with Gasteiger partial charge in [0.05, 0.1) is 12.7 Å². The molecule has 0 aromatic heterocycles. The molecule has 0 spiro atoms. The van der Waals surface area contributed by atoms with Crippen LogP contribution in [0.5, 0.6) is 0 Å². The maximum absolute atomic E-state index is 11.9. The highest BCUT2D eigenvalue weighted by atomic mass is 32.2. The maximum Gasteiger partial charge on any atom is 0.421 e. The lowest BCUT2D eigenvalue weighted by Crippen LogP contribution is -2.45. The molecule has 0 aromatic carbocycles. The fourth-order valence-electron chi connectivity index (χ4n) is 1.22. The predicted molar refractivity (Wildman–Crippen MR) is 65.7 cm³/mol. The molecule has 0 unspecified atom stereocenters. The van der Waals surface area contributed by atoms with E-state index in [1.54, 1.807) is 11.6 Å². The summed E-state index contributed by atoms with van der Waals surface area (Å²) >= 11 is 0. The van der Waals surface area contributed by atoms with Crippen molar-refractivity contribution in [1.29, 1.82) is 5.26 Å². The van der Waals surface area contributed by atoms with Gasteiger partial charge in [0.15, 0.2) is 0 Å². The first kappa shape index (κ1) is 16.7. The van der Waals surface area contributed by atoms with Crippen LogP contribution in [0.2, 0.25) is 0 Å². The normalized spacial score (nSPS) is 11.3. The summed E-state index contributed by atoms with van der Waals surface area (Å²) in [6.07, 6.45) is -0.945. The molecular weight excluding hydrogens is 258 g/mol. The Morgan fingerprint density at radius 1 is 1.50 bits per heavy atom. The third kappa shape index (κ3) is 6.42. The predicted octanol–water partition coefficient (Wildman–Crippen LogP) is 0.849. The van der Waals surface area contributed by atoms with Gasteiger partial charge in [0.25, 0.3) is 0 Å². The number of hydrogen-bond donors (Lipinski definition) is 1. The Morgan fingerprint density at radius 3 is 2.56 bits per heavy atom. The van der Waals surface area contributed by atoms with Gasteiger partial charge in [-0.3, -0.25) is 0 Å². The Labute approximate surface area is 108 Å². The van der Waals surface area contributed by atoms with E-state index < -0.39 is 16.3 Å². The minimum Gasteiger partial charge on any atom is -0.449 e. The first-order valence-corrected chi connectivity index (χ1v) is 7.09. The van der Waals surface area contributed by atoms with Gasteiger partial charge in [-0.1, -0.05) is 13.8 Å². The Kier molecular flexibility index (Phi) is 7.31. The van der Waals surface area contributed by atoms with Crippen LogP contribution in [0.4, 0.5) is 4.79 Å². The molecule has 0 aliphatic rings. The molecule has 18 heavy (non-hydrogen) atoms. The zero-order chi connectivity index (χ0) is 14.2. The highest BCUT2D eigenvalue weighted by Crippen LogP contribution is 2.05. The molecule has 0 aliphatic heterocycles. The summed E-state index contributed by atoms with van der Waals surface area (Å²) in [5.74, 6) is 0.0856. The zero-order valence-electron chi connectivity index (χ0n) is 10.8. The first-order chi connectivity index (χ1) is 8.33.